The summed E-state index contributed by atoms with van der Waals surface area (Å²) in [6.07, 6.45) is 0.313. The predicted molar refractivity (Wildman–Crippen MR) is 123 cm³/mol. The molecule has 174 valence electrons. The highest BCUT2D eigenvalue weighted by Crippen LogP contribution is 2.35. The molecule has 0 saturated heterocycles. The molecule has 0 aliphatic carbocycles. The topological polar surface area (TPSA) is 78.9 Å². The Morgan fingerprint density at radius 2 is 1.87 bits per heavy atom. The summed E-state index contributed by atoms with van der Waals surface area (Å²) in [4.78, 5) is 22.4. The highest BCUT2D eigenvalue weighted by Gasteiger charge is 2.18. The van der Waals surface area contributed by atoms with E-state index in [0.29, 0.717) is 35.9 Å². The maximum atomic E-state index is 11.9. The molecular formula is C22H36N3O5S+. The largest absolute Gasteiger partial charge is 0.493 e. The zero-order valence-electron chi connectivity index (χ0n) is 19.7. The molecule has 9 heteroatoms. The van der Waals surface area contributed by atoms with Crippen LogP contribution in [-0.4, -0.2) is 61.8 Å². The Morgan fingerprint density at radius 1 is 1.16 bits per heavy atom. The fourth-order valence-corrected chi connectivity index (χ4v) is 3.64. The number of rotatable bonds is 11. The lowest BCUT2D eigenvalue weighted by molar-refractivity contribution is -1.09. The quantitative estimate of drug-likeness (QED) is 0.306. The Kier molecular flexibility index (Phi) is 8.90. The van der Waals surface area contributed by atoms with Gasteiger partial charge in [0.1, 0.15) is 30.3 Å². The number of thiazole rings is 1. The molecule has 0 spiro atoms. The van der Waals surface area contributed by atoms with Crippen LogP contribution < -0.4 is 14.8 Å². The molecule has 0 atom stereocenters. The van der Waals surface area contributed by atoms with Crippen LogP contribution in [-0.2, 0) is 16.1 Å². The molecule has 0 bridgehead atoms. The predicted octanol–water partition coefficient (Wildman–Crippen LogP) is 4.52. The lowest BCUT2D eigenvalue weighted by Crippen LogP contribution is -2.43. The summed E-state index contributed by atoms with van der Waals surface area (Å²) in [7, 11) is 3.70. The van der Waals surface area contributed by atoms with Crippen LogP contribution in [0.1, 0.15) is 46.0 Å². The standard InChI is InChI=1S/C22H35N3O5S/c1-8-25(6,9-2)29-12-10-11-28-18-13-16-19(14-17(18)27-7)31-20(24-16)15-23-21(26)30-22(3,4)5/h13-14H,8-12,15H2,1-7H3/p+1. The minimum Gasteiger partial charge on any atom is -0.493 e. The van der Waals surface area contributed by atoms with E-state index < -0.39 is 11.7 Å². The lowest BCUT2D eigenvalue weighted by Gasteiger charge is -2.28. The maximum absolute atomic E-state index is 11.9. The number of fused-ring (bicyclic) bond motifs is 1. The van der Waals surface area contributed by atoms with Gasteiger partial charge in [-0.25, -0.2) is 14.6 Å². The molecule has 1 aromatic carbocycles. The number of amides is 1. The van der Waals surface area contributed by atoms with Gasteiger partial charge >= 0.3 is 6.09 Å². The fraction of sp³-hybridized carbons (Fsp3) is 0.636. The second-order valence-corrected chi connectivity index (χ2v) is 9.51. The summed E-state index contributed by atoms with van der Waals surface area (Å²) in [6, 6.07) is 3.79. The number of hydrogen-bond acceptors (Lipinski definition) is 7. The first-order valence-electron chi connectivity index (χ1n) is 10.6. The van der Waals surface area contributed by atoms with Crippen molar-refractivity contribution in [1.82, 2.24) is 10.3 Å². The van der Waals surface area contributed by atoms with Gasteiger partial charge in [0.25, 0.3) is 0 Å². The normalized spacial score (nSPS) is 12.1. The molecule has 0 radical (unpaired) electrons. The molecule has 2 rings (SSSR count). The van der Waals surface area contributed by atoms with Crippen LogP contribution in [0.15, 0.2) is 12.1 Å². The average molecular weight is 455 g/mol. The maximum Gasteiger partial charge on any atom is 0.408 e. The zero-order valence-corrected chi connectivity index (χ0v) is 20.6. The van der Waals surface area contributed by atoms with Crippen LogP contribution in [0.25, 0.3) is 10.2 Å². The number of benzene rings is 1. The third-order valence-electron chi connectivity index (χ3n) is 4.79. The van der Waals surface area contributed by atoms with Gasteiger partial charge in [0, 0.05) is 18.6 Å². The Morgan fingerprint density at radius 3 is 2.48 bits per heavy atom. The monoisotopic (exact) mass is 454 g/mol. The Labute approximate surface area is 189 Å². The van der Waals surface area contributed by atoms with Crippen LogP contribution in [0.5, 0.6) is 11.5 Å². The first-order chi connectivity index (χ1) is 14.6. The van der Waals surface area contributed by atoms with Gasteiger partial charge in [-0.1, -0.05) is 0 Å². The van der Waals surface area contributed by atoms with E-state index in [4.69, 9.17) is 19.0 Å². The summed E-state index contributed by atoms with van der Waals surface area (Å²) < 4.78 is 18.3. The smallest absolute Gasteiger partial charge is 0.408 e. The van der Waals surface area contributed by atoms with Crippen LogP contribution in [0.2, 0.25) is 0 Å². The first kappa shape index (κ1) is 25.2. The van der Waals surface area contributed by atoms with E-state index in [1.54, 1.807) is 7.11 Å². The van der Waals surface area contributed by atoms with Gasteiger partial charge in [-0.2, -0.15) is 4.65 Å². The number of methoxy groups -OCH3 is 1. The van der Waals surface area contributed by atoms with Gasteiger partial charge in [0.2, 0.25) is 0 Å². The number of quaternary nitrogens is 1. The molecule has 2 aromatic rings. The van der Waals surface area contributed by atoms with Crippen molar-refractivity contribution in [2.45, 2.75) is 53.2 Å². The van der Waals surface area contributed by atoms with Crippen molar-refractivity contribution < 1.29 is 28.5 Å². The number of nitrogens with one attached hydrogen (secondary N) is 1. The van der Waals surface area contributed by atoms with E-state index in [0.717, 1.165) is 34.7 Å². The lowest BCUT2D eigenvalue weighted by atomic mass is 10.2. The van der Waals surface area contributed by atoms with Crippen LogP contribution in [0.3, 0.4) is 0 Å². The highest BCUT2D eigenvalue weighted by atomic mass is 32.1. The summed E-state index contributed by atoms with van der Waals surface area (Å²) in [5.74, 6) is 1.31. The number of nitrogens with zero attached hydrogens (tertiary/aromatic N) is 2. The van der Waals surface area contributed by atoms with Crippen molar-refractivity contribution in [3.63, 3.8) is 0 Å². The molecule has 0 fully saturated rings. The van der Waals surface area contributed by atoms with Crippen molar-refractivity contribution in [3.05, 3.63) is 17.1 Å². The second kappa shape index (κ2) is 11.0. The van der Waals surface area contributed by atoms with Gasteiger partial charge < -0.3 is 19.5 Å². The third kappa shape index (κ3) is 7.83. The van der Waals surface area contributed by atoms with E-state index in [9.17, 15) is 4.79 Å². The van der Waals surface area contributed by atoms with Crippen molar-refractivity contribution in [1.29, 1.82) is 0 Å². The Hall–Kier alpha value is -2.10. The van der Waals surface area contributed by atoms with Gasteiger partial charge in [0.15, 0.2) is 11.5 Å². The number of aromatic nitrogens is 1. The Balaban J connectivity index is 1.95. The van der Waals surface area contributed by atoms with Crippen molar-refractivity contribution >= 4 is 27.6 Å². The molecule has 1 aromatic heterocycles. The van der Waals surface area contributed by atoms with Crippen LogP contribution in [0, 0.1) is 0 Å². The minimum atomic E-state index is -0.535. The van der Waals surface area contributed by atoms with E-state index >= 15 is 0 Å². The number of alkyl carbamates (subject to hydrolysis) is 1. The number of hydroxylamine groups is 3. The van der Waals surface area contributed by atoms with Gasteiger partial charge in [0.05, 0.1) is 37.5 Å². The SMILES string of the molecule is CC[N+](C)(CC)OCCCOc1cc2nc(CNC(=O)OC(C)(C)C)sc2cc1OC. The zero-order chi connectivity index (χ0) is 23.1. The molecule has 31 heavy (non-hydrogen) atoms. The second-order valence-electron chi connectivity index (χ2n) is 8.40. The van der Waals surface area contributed by atoms with Crippen LogP contribution >= 0.6 is 11.3 Å². The molecule has 0 saturated carbocycles. The molecule has 0 aliphatic heterocycles. The number of hydrogen-bond donors (Lipinski definition) is 1. The van der Waals surface area contributed by atoms with E-state index in [1.165, 1.54) is 11.3 Å². The summed E-state index contributed by atoms with van der Waals surface area (Å²) in [6.45, 7) is 13.0. The fourth-order valence-electron chi connectivity index (χ4n) is 2.73. The average Bonchev–Trinajstić information content (AvgIpc) is 3.11. The summed E-state index contributed by atoms with van der Waals surface area (Å²) in [5, 5.41) is 3.52. The molecule has 8 nitrogen and oxygen atoms in total. The number of carbonyl (C=O) groups is 1. The van der Waals surface area contributed by atoms with Crippen molar-refractivity contribution in [2.75, 3.05) is 40.5 Å². The van der Waals surface area contributed by atoms with Crippen molar-refractivity contribution in [3.8, 4) is 11.5 Å². The molecule has 1 heterocycles. The molecule has 1 N–H and O–H groups in total. The first-order valence-corrected chi connectivity index (χ1v) is 11.5. The molecule has 0 aliphatic rings. The molecule has 0 unspecified atom stereocenters. The third-order valence-corrected chi connectivity index (χ3v) is 5.81. The summed E-state index contributed by atoms with van der Waals surface area (Å²) >= 11 is 1.50. The molecular weight excluding hydrogens is 418 g/mol. The minimum absolute atomic E-state index is 0.302. The van der Waals surface area contributed by atoms with E-state index in [1.807, 2.05) is 32.9 Å². The van der Waals surface area contributed by atoms with Gasteiger partial charge in [-0.15, -0.1) is 11.3 Å². The number of ether oxygens (including phenoxy) is 3. The van der Waals surface area contributed by atoms with Gasteiger partial charge in [-0.05, 0) is 34.6 Å². The van der Waals surface area contributed by atoms with Crippen molar-refractivity contribution in [2.24, 2.45) is 0 Å². The summed E-state index contributed by atoms with van der Waals surface area (Å²) in [5.41, 5.74) is 0.270. The van der Waals surface area contributed by atoms with Crippen LogP contribution in [0.4, 0.5) is 4.79 Å². The van der Waals surface area contributed by atoms with E-state index in [-0.39, 0.29) is 0 Å². The van der Waals surface area contributed by atoms with E-state index in [2.05, 4.69) is 31.2 Å². The molecule has 1 amide bonds. The highest BCUT2D eigenvalue weighted by molar-refractivity contribution is 7.18. The Bertz CT molecular complexity index is 859. The number of carbonyl (C=O) groups excluding carboxylic acids is 1. The van der Waals surface area contributed by atoms with Gasteiger partial charge in [-0.3, -0.25) is 0 Å².